The summed E-state index contributed by atoms with van der Waals surface area (Å²) in [6, 6.07) is 5.51. The molecular weight excluding hydrogens is 306 g/mol. The third-order valence-corrected chi connectivity index (χ3v) is 3.23. The number of hydrogen-bond acceptors (Lipinski definition) is 6. The van der Waals surface area contributed by atoms with E-state index in [9.17, 15) is 0 Å². The zero-order valence-corrected chi connectivity index (χ0v) is 13.7. The van der Waals surface area contributed by atoms with E-state index in [2.05, 4.69) is 15.5 Å². The van der Waals surface area contributed by atoms with Crippen molar-refractivity contribution in [2.75, 3.05) is 25.6 Å². The van der Waals surface area contributed by atoms with Gasteiger partial charge in [-0.2, -0.15) is 4.98 Å². The van der Waals surface area contributed by atoms with E-state index >= 15 is 0 Å². The number of methoxy groups -OCH3 is 1. The molecule has 1 N–H and O–H groups in total. The molecule has 22 heavy (non-hydrogen) atoms. The van der Waals surface area contributed by atoms with Crippen LogP contribution in [0, 0.1) is 0 Å². The van der Waals surface area contributed by atoms with Gasteiger partial charge in [0.2, 0.25) is 5.89 Å². The lowest BCUT2D eigenvalue weighted by molar-refractivity contribution is 0.146. The molecule has 0 saturated heterocycles. The molecule has 2 rings (SSSR count). The Labute approximate surface area is 134 Å². The molecule has 1 heterocycles. The van der Waals surface area contributed by atoms with E-state index in [-0.39, 0.29) is 5.92 Å². The molecule has 0 unspecified atom stereocenters. The molecule has 0 aliphatic carbocycles. The fraction of sp³-hybridized carbons (Fsp3) is 0.467. The van der Waals surface area contributed by atoms with E-state index in [1.54, 1.807) is 13.2 Å². The van der Waals surface area contributed by atoms with Gasteiger partial charge in [0.15, 0.2) is 11.6 Å². The Hall–Kier alpha value is -1.79. The first kappa shape index (κ1) is 16.6. The molecule has 0 spiro atoms. The lowest BCUT2D eigenvalue weighted by atomic mass is 10.2. The third-order valence-electron chi connectivity index (χ3n) is 2.93. The van der Waals surface area contributed by atoms with Crippen molar-refractivity contribution in [2.24, 2.45) is 0 Å². The Morgan fingerprint density at radius 1 is 1.32 bits per heavy atom. The van der Waals surface area contributed by atoms with Crippen molar-refractivity contribution in [2.45, 2.75) is 26.3 Å². The summed E-state index contributed by atoms with van der Waals surface area (Å²) in [6.45, 7) is 5.35. The van der Waals surface area contributed by atoms with Crippen LogP contribution in [0.25, 0.3) is 0 Å². The van der Waals surface area contributed by atoms with Gasteiger partial charge >= 0.3 is 0 Å². The maximum atomic E-state index is 6.18. The highest BCUT2D eigenvalue weighted by Gasteiger charge is 2.12. The molecule has 0 amide bonds. The van der Waals surface area contributed by atoms with Gasteiger partial charge in [0.25, 0.3) is 0 Å². The van der Waals surface area contributed by atoms with Crippen LogP contribution in [0.3, 0.4) is 0 Å². The molecule has 0 bridgehead atoms. The maximum absolute atomic E-state index is 6.18. The van der Waals surface area contributed by atoms with Gasteiger partial charge in [0.05, 0.1) is 23.9 Å². The molecular formula is C15H20ClN3O3. The average molecular weight is 326 g/mol. The minimum absolute atomic E-state index is 0.233. The molecule has 0 fully saturated rings. The lowest BCUT2D eigenvalue weighted by Gasteiger charge is -2.13. The summed E-state index contributed by atoms with van der Waals surface area (Å²) in [7, 11) is 1.62. The van der Waals surface area contributed by atoms with Crippen LogP contribution in [0.15, 0.2) is 22.7 Å². The summed E-state index contributed by atoms with van der Waals surface area (Å²) in [4.78, 5) is 4.32. The van der Waals surface area contributed by atoms with Gasteiger partial charge in [-0.3, -0.25) is 0 Å². The predicted octanol–water partition coefficient (Wildman–Crippen LogP) is 3.48. The van der Waals surface area contributed by atoms with Crippen molar-refractivity contribution in [3.05, 3.63) is 34.9 Å². The van der Waals surface area contributed by atoms with Crippen molar-refractivity contribution in [1.82, 2.24) is 10.1 Å². The molecule has 1 aromatic carbocycles. The SMILES string of the molecule is COCCOc1c(Cl)cccc1NCc1nc(C(C)C)no1. The van der Waals surface area contributed by atoms with E-state index in [0.29, 0.717) is 42.2 Å². The summed E-state index contributed by atoms with van der Waals surface area (Å²) in [6.07, 6.45) is 0. The summed E-state index contributed by atoms with van der Waals surface area (Å²) in [5.74, 6) is 2.03. The molecule has 0 atom stereocenters. The first-order valence-electron chi connectivity index (χ1n) is 7.08. The Morgan fingerprint density at radius 3 is 2.82 bits per heavy atom. The quantitative estimate of drug-likeness (QED) is 0.749. The van der Waals surface area contributed by atoms with E-state index in [4.69, 9.17) is 25.6 Å². The predicted molar refractivity (Wildman–Crippen MR) is 84.5 cm³/mol. The van der Waals surface area contributed by atoms with E-state index in [0.717, 1.165) is 5.69 Å². The van der Waals surface area contributed by atoms with Gasteiger partial charge in [-0.15, -0.1) is 0 Å². The topological polar surface area (TPSA) is 69.4 Å². The smallest absolute Gasteiger partial charge is 0.245 e. The van der Waals surface area contributed by atoms with Crippen LogP contribution in [0.4, 0.5) is 5.69 Å². The van der Waals surface area contributed by atoms with E-state index < -0.39 is 0 Å². The standard InChI is InChI=1S/C15H20ClN3O3/c1-10(2)15-18-13(22-19-15)9-17-12-6-4-5-11(16)14(12)21-8-7-20-3/h4-6,10,17H,7-9H2,1-3H3. The Kier molecular flexibility index (Phi) is 6.03. The van der Waals surface area contributed by atoms with Gasteiger partial charge in [0, 0.05) is 13.0 Å². The number of rotatable bonds is 8. The van der Waals surface area contributed by atoms with Gasteiger partial charge in [-0.05, 0) is 12.1 Å². The third kappa shape index (κ3) is 4.35. The Balaban J connectivity index is 2.03. The van der Waals surface area contributed by atoms with Crippen molar-refractivity contribution in [3.8, 4) is 5.75 Å². The molecule has 0 aliphatic heterocycles. The normalized spacial score (nSPS) is 11.0. The second-order valence-electron chi connectivity index (χ2n) is 5.01. The van der Waals surface area contributed by atoms with E-state index in [1.807, 2.05) is 26.0 Å². The van der Waals surface area contributed by atoms with Crippen molar-refractivity contribution < 1.29 is 14.0 Å². The molecule has 0 radical (unpaired) electrons. The monoisotopic (exact) mass is 325 g/mol. The van der Waals surface area contributed by atoms with Crippen LogP contribution in [-0.2, 0) is 11.3 Å². The zero-order valence-electron chi connectivity index (χ0n) is 12.9. The zero-order chi connectivity index (χ0) is 15.9. The minimum Gasteiger partial charge on any atom is -0.487 e. The van der Waals surface area contributed by atoms with Crippen LogP contribution in [-0.4, -0.2) is 30.5 Å². The minimum atomic E-state index is 0.233. The molecule has 120 valence electrons. The largest absolute Gasteiger partial charge is 0.487 e. The first-order valence-corrected chi connectivity index (χ1v) is 7.46. The van der Waals surface area contributed by atoms with Gasteiger partial charge in [-0.25, -0.2) is 0 Å². The summed E-state index contributed by atoms with van der Waals surface area (Å²) in [5, 5.41) is 7.67. The highest BCUT2D eigenvalue weighted by atomic mass is 35.5. The number of ether oxygens (including phenoxy) is 2. The second-order valence-corrected chi connectivity index (χ2v) is 5.42. The highest BCUT2D eigenvalue weighted by Crippen LogP contribution is 2.33. The first-order chi connectivity index (χ1) is 10.6. The molecule has 2 aromatic rings. The highest BCUT2D eigenvalue weighted by molar-refractivity contribution is 6.32. The number of aromatic nitrogens is 2. The number of hydrogen-bond donors (Lipinski definition) is 1. The van der Waals surface area contributed by atoms with Gasteiger partial charge in [0.1, 0.15) is 6.61 Å². The van der Waals surface area contributed by atoms with Crippen molar-refractivity contribution in [1.29, 1.82) is 0 Å². The number of nitrogens with one attached hydrogen (secondary N) is 1. The molecule has 7 heteroatoms. The van der Waals surface area contributed by atoms with Crippen molar-refractivity contribution in [3.63, 3.8) is 0 Å². The molecule has 1 aromatic heterocycles. The van der Waals surface area contributed by atoms with Crippen LogP contribution in [0.1, 0.15) is 31.5 Å². The number of para-hydroxylation sites is 1. The Bertz CT molecular complexity index is 601. The Morgan fingerprint density at radius 2 is 2.14 bits per heavy atom. The van der Waals surface area contributed by atoms with Crippen LogP contribution >= 0.6 is 11.6 Å². The average Bonchev–Trinajstić information content (AvgIpc) is 2.96. The fourth-order valence-corrected chi connectivity index (χ4v) is 2.00. The van der Waals surface area contributed by atoms with Gasteiger partial charge < -0.3 is 19.3 Å². The summed E-state index contributed by atoms with van der Waals surface area (Å²) >= 11 is 6.18. The number of benzene rings is 1. The molecule has 0 saturated carbocycles. The number of halogens is 1. The summed E-state index contributed by atoms with van der Waals surface area (Å²) in [5.41, 5.74) is 0.771. The summed E-state index contributed by atoms with van der Waals surface area (Å²) < 4.78 is 15.8. The number of anilines is 1. The maximum Gasteiger partial charge on any atom is 0.245 e. The fourth-order valence-electron chi connectivity index (χ4n) is 1.77. The van der Waals surface area contributed by atoms with Crippen molar-refractivity contribution >= 4 is 17.3 Å². The van der Waals surface area contributed by atoms with E-state index in [1.165, 1.54) is 0 Å². The van der Waals surface area contributed by atoms with Gasteiger partial charge in [-0.1, -0.05) is 36.7 Å². The lowest BCUT2D eigenvalue weighted by Crippen LogP contribution is -2.08. The second kappa shape index (κ2) is 8.00. The van der Waals surface area contributed by atoms with Crippen LogP contribution < -0.4 is 10.1 Å². The van der Waals surface area contributed by atoms with Crippen LogP contribution in [0.2, 0.25) is 5.02 Å². The number of nitrogens with zero attached hydrogens (tertiary/aromatic N) is 2. The molecule has 0 aliphatic rings. The molecule has 6 nitrogen and oxygen atoms in total. The van der Waals surface area contributed by atoms with Crippen LogP contribution in [0.5, 0.6) is 5.75 Å².